The number of aromatic nitrogens is 4. The molecule has 2 rings (SSSR count). The summed E-state index contributed by atoms with van der Waals surface area (Å²) in [7, 11) is 0. The van der Waals surface area contributed by atoms with Crippen molar-refractivity contribution in [2.24, 2.45) is 0 Å². The average Bonchev–Trinajstić information content (AvgIpc) is 2.95. The van der Waals surface area contributed by atoms with Crippen LogP contribution in [0.2, 0.25) is 0 Å². The van der Waals surface area contributed by atoms with Crippen LogP contribution in [0.5, 0.6) is 0 Å². The molecule has 2 aromatic heterocycles. The molecule has 0 aliphatic rings. The highest BCUT2D eigenvalue weighted by Crippen LogP contribution is 2.19. The molecule has 0 aliphatic carbocycles. The zero-order valence-corrected chi connectivity index (χ0v) is 13.7. The number of nitrogens with one attached hydrogen (secondary N) is 1. The quantitative estimate of drug-likeness (QED) is 0.921. The second-order valence-electron chi connectivity index (χ2n) is 6.34. The first kappa shape index (κ1) is 15.1. The van der Waals surface area contributed by atoms with Gasteiger partial charge >= 0.3 is 0 Å². The molecule has 0 unspecified atom stereocenters. The molecule has 0 saturated carbocycles. The molecule has 0 atom stereocenters. The standard InChI is InChI=1S/C14H23N5S/c1-10(2)13-16-12(9-20-13)8-19-7-11(17-18-19)6-15-14(3,4)5/h7,9-10,15H,6,8H2,1-5H3. The highest BCUT2D eigenvalue weighted by molar-refractivity contribution is 7.09. The molecule has 110 valence electrons. The van der Waals surface area contributed by atoms with Crippen LogP contribution in [0.1, 0.15) is 56.9 Å². The molecule has 0 aliphatic heterocycles. The van der Waals surface area contributed by atoms with Crippen molar-refractivity contribution >= 4 is 11.3 Å². The van der Waals surface area contributed by atoms with Crippen molar-refractivity contribution in [2.75, 3.05) is 0 Å². The molecule has 0 saturated heterocycles. The summed E-state index contributed by atoms with van der Waals surface area (Å²) in [5.74, 6) is 0.482. The lowest BCUT2D eigenvalue weighted by molar-refractivity contribution is 0.421. The molecule has 0 spiro atoms. The zero-order chi connectivity index (χ0) is 14.8. The van der Waals surface area contributed by atoms with Crippen LogP contribution in [0.3, 0.4) is 0 Å². The van der Waals surface area contributed by atoms with Gasteiger partial charge in [-0.1, -0.05) is 19.1 Å². The summed E-state index contributed by atoms with van der Waals surface area (Å²) in [6.07, 6.45) is 1.98. The number of hydrogen-bond acceptors (Lipinski definition) is 5. The van der Waals surface area contributed by atoms with Gasteiger partial charge < -0.3 is 5.32 Å². The summed E-state index contributed by atoms with van der Waals surface area (Å²) in [6, 6.07) is 0. The van der Waals surface area contributed by atoms with Crippen molar-refractivity contribution in [3.63, 3.8) is 0 Å². The van der Waals surface area contributed by atoms with E-state index in [1.54, 1.807) is 11.3 Å². The summed E-state index contributed by atoms with van der Waals surface area (Å²) in [5.41, 5.74) is 2.10. The van der Waals surface area contributed by atoms with E-state index >= 15 is 0 Å². The van der Waals surface area contributed by atoms with Crippen molar-refractivity contribution in [1.29, 1.82) is 0 Å². The molecule has 0 aromatic carbocycles. The first-order valence-corrected chi connectivity index (χ1v) is 7.80. The van der Waals surface area contributed by atoms with Crippen molar-refractivity contribution in [1.82, 2.24) is 25.3 Å². The Morgan fingerprint density at radius 3 is 2.65 bits per heavy atom. The fraction of sp³-hybridized carbons (Fsp3) is 0.643. The molecular weight excluding hydrogens is 270 g/mol. The summed E-state index contributed by atoms with van der Waals surface area (Å²) in [5, 5.41) is 15.0. The van der Waals surface area contributed by atoms with Crippen LogP contribution in [0.15, 0.2) is 11.6 Å². The third kappa shape index (κ3) is 4.38. The lowest BCUT2D eigenvalue weighted by atomic mass is 10.1. The third-order valence-corrected chi connectivity index (χ3v) is 3.97. The minimum atomic E-state index is 0.0882. The highest BCUT2D eigenvalue weighted by atomic mass is 32.1. The van der Waals surface area contributed by atoms with Gasteiger partial charge in [-0.3, -0.25) is 0 Å². The van der Waals surface area contributed by atoms with Gasteiger partial charge in [-0.25, -0.2) is 9.67 Å². The maximum absolute atomic E-state index is 4.61. The zero-order valence-electron chi connectivity index (χ0n) is 12.8. The minimum Gasteiger partial charge on any atom is -0.306 e. The van der Waals surface area contributed by atoms with Crippen LogP contribution in [-0.2, 0) is 13.1 Å². The van der Waals surface area contributed by atoms with E-state index in [0.29, 0.717) is 12.5 Å². The van der Waals surface area contributed by atoms with Crippen molar-refractivity contribution < 1.29 is 0 Å². The monoisotopic (exact) mass is 293 g/mol. The first-order valence-electron chi connectivity index (χ1n) is 6.92. The minimum absolute atomic E-state index is 0.0882. The molecule has 0 radical (unpaired) electrons. The highest BCUT2D eigenvalue weighted by Gasteiger charge is 2.11. The topological polar surface area (TPSA) is 55.6 Å². The van der Waals surface area contributed by atoms with Gasteiger partial charge in [-0.05, 0) is 20.8 Å². The second-order valence-corrected chi connectivity index (χ2v) is 7.23. The third-order valence-electron chi connectivity index (χ3n) is 2.77. The summed E-state index contributed by atoms with van der Waals surface area (Å²) < 4.78 is 1.85. The van der Waals surface area contributed by atoms with Crippen LogP contribution >= 0.6 is 11.3 Å². The van der Waals surface area contributed by atoms with Crippen LogP contribution in [0, 0.1) is 0 Å². The number of hydrogen-bond donors (Lipinski definition) is 1. The summed E-state index contributed by atoms with van der Waals surface area (Å²) in [4.78, 5) is 4.61. The number of nitrogens with zero attached hydrogens (tertiary/aromatic N) is 4. The molecule has 2 aromatic rings. The first-order chi connectivity index (χ1) is 9.33. The predicted octanol–water partition coefficient (Wildman–Crippen LogP) is 2.79. The summed E-state index contributed by atoms with van der Waals surface area (Å²) >= 11 is 1.71. The molecule has 20 heavy (non-hydrogen) atoms. The van der Waals surface area contributed by atoms with E-state index < -0.39 is 0 Å². The van der Waals surface area contributed by atoms with E-state index in [1.165, 1.54) is 5.01 Å². The fourth-order valence-corrected chi connectivity index (χ4v) is 2.51. The van der Waals surface area contributed by atoms with Gasteiger partial charge in [-0.2, -0.15) is 0 Å². The largest absolute Gasteiger partial charge is 0.306 e. The van der Waals surface area contributed by atoms with Crippen LogP contribution in [0.4, 0.5) is 0 Å². The molecule has 5 nitrogen and oxygen atoms in total. The van der Waals surface area contributed by atoms with E-state index in [4.69, 9.17) is 0 Å². The van der Waals surface area contributed by atoms with E-state index in [9.17, 15) is 0 Å². The maximum atomic E-state index is 4.61. The predicted molar refractivity (Wildman–Crippen MR) is 81.9 cm³/mol. The Hall–Kier alpha value is -1.27. The number of rotatable bonds is 5. The van der Waals surface area contributed by atoms with Crippen molar-refractivity contribution in [2.45, 2.75) is 59.2 Å². The van der Waals surface area contributed by atoms with Gasteiger partial charge in [0, 0.05) is 23.4 Å². The molecule has 1 N–H and O–H groups in total. The lowest BCUT2D eigenvalue weighted by Crippen LogP contribution is -2.35. The Bertz CT molecular complexity index is 550. The Morgan fingerprint density at radius 1 is 1.30 bits per heavy atom. The Balaban J connectivity index is 1.95. The van der Waals surface area contributed by atoms with Crippen LogP contribution in [0.25, 0.3) is 0 Å². The van der Waals surface area contributed by atoms with E-state index in [2.05, 4.69) is 60.6 Å². The maximum Gasteiger partial charge on any atom is 0.0965 e. The average molecular weight is 293 g/mol. The Morgan fingerprint density at radius 2 is 2.05 bits per heavy atom. The van der Waals surface area contributed by atoms with E-state index in [-0.39, 0.29) is 5.54 Å². The van der Waals surface area contributed by atoms with Crippen molar-refractivity contribution in [3.8, 4) is 0 Å². The van der Waals surface area contributed by atoms with Gasteiger partial charge in [0.1, 0.15) is 0 Å². The van der Waals surface area contributed by atoms with Crippen molar-refractivity contribution in [3.05, 3.63) is 28.0 Å². The molecule has 2 heterocycles. The molecule has 0 fully saturated rings. The van der Waals surface area contributed by atoms with Crippen LogP contribution < -0.4 is 5.32 Å². The Kier molecular flexibility index (Phi) is 4.55. The van der Waals surface area contributed by atoms with Gasteiger partial charge in [0.2, 0.25) is 0 Å². The molecular formula is C14H23N5S. The van der Waals surface area contributed by atoms with Gasteiger partial charge in [0.05, 0.1) is 29.1 Å². The van der Waals surface area contributed by atoms with Crippen LogP contribution in [-0.4, -0.2) is 25.5 Å². The Labute approximate surface area is 124 Å². The smallest absolute Gasteiger partial charge is 0.0965 e. The van der Waals surface area contributed by atoms with E-state index in [1.807, 2.05) is 10.9 Å². The molecule has 0 bridgehead atoms. The van der Waals surface area contributed by atoms with E-state index in [0.717, 1.165) is 17.9 Å². The number of thiazole rings is 1. The van der Waals surface area contributed by atoms with Gasteiger partial charge in [0.25, 0.3) is 0 Å². The summed E-state index contributed by atoms with van der Waals surface area (Å²) in [6.45, 7) is 12.2. The molecule has 0 amide bonds. The van der Waals surface area contributed by atoms with Gasteiger partial charge in [-0.15, -0.1) is 16.4 Å². The fourth-order valence-electron chi connectivity index (χ4n) is 1.68. The lowest BCUT2D eigenvalue weighted by Gasteiger charge is -2.19. The SMILES string of the molecule is CC(C)c1nc(Cn2cc(CNC(C)(C)C)nn2)cs1. The van der Waals surface area contributed by atoms with Gasteiger partial charge in [0.15, 0.2) is 0 Å². The molecule has 6 heteroatoms. The normalized spacial score (nSPS) is 12.3. The second kappa shape index (κ2) is 6.01.